The molecule has 0 N–H and O–H groups in total. The molecule has 0 heterocycles. The number of unbranched alkanes of at least 4 members (excludes halogenated alkanes) is 31. The summed E-state index contributed by atoms with van der Waals surface area (Å²) in [6, 6.07) is 0. The van der Waals surface area contributed by atoms with E-state index in [2.05, 4.69) is 38.2 Å². The monoisotopic (exact) mass is 884 g/mol. The maximum absolute atomic E-state index is 12.7. The first-order chi connectivity index (χ1) is 29.6. The van der Waals surface area contributed by atoms with Gasteiger partial charge in [-0.15, -0.1) is 0 Å². The fourth-order valence-corrected chi connectivity index (χ4v) is 8.19. The molecule has 0 rings (SSSR count). The summed E-state index contributed by atoms with van der Waals surface area (Å²) in [6.45, 7) is 5.45. The number of ether oxygens (including phenoxy) is 2. The molecule has 0 aromatic rings. The molecular weight excluding hydrogens is 782 g/mol. The first-order valence-electron chi connectivity index (χ1n) is 26.1. The molecule has 0 aromatic heterocycles. The van der Waals surface area contributed by atoms with Crippen molar-refractivity contribution in [2.45, 2.75) is 251 Å². The Morgan fingerprint density at radius 3 is 1.33 bits per heavy atom. The summed E-state index contributed by atoms with van der Waals surface area (Å²) in [5.41, 5.74) is 0. The predicted molar refractivity (Wildman–Crippen MR) is 259 cm³/mol. The van der Waals surface area contributed by atoms with E-state index < -0.39 is 13.9 Å². The lowest BCUT2D eigenvalue weighted by Crippen LogP contribution is -2.37. The Balaban J connectivity index is 4.10. The van der Waals surface area contributed by atoms with Crippen molar-refractivity contribution in [1.29, 1.82) is 0 Å². The summed E-state index contributed by atoms with van der Waals surface area (Å²) >= 11 is 0. The molecule has 0 aliphatic rings. The van der Waals surface area contributed by atoms with E-state index in [1.165, 1.54) is 186 Å². The van der Waals surface area contributed by atoms with E-state index in [-0.39, 0.29) is 25.8 Å². The maximum atomic E-state index is 12.7. The first kappa shape index (κ1) is 60.0. The van der Waals surface area contributed by atoms with Crippen LogP contribution in [0.4, 0.5) is 0 Å². The van der Waals surface area contributed by atoms with Crippen molar-refractivity contribution < 1.29 is 37.3 Å². The minimum Gasteiger partial charge on any atom is -0.756 e. The number of phosphoric ester groups is 1. The Kier molecular flexibility index (Phi) is 44.8. The Morgan fingerprint density at radius 1 is 0.508 bits per heavy atom. The number of rotatable bonds is 49. The van der Waals surface area contributed by atoms with Crippen molar-refractivity contribution in [3.8, 4) is 0 Å². The zero-order chi connectivity index (χ0) is 44.8. The van der Waals surface area contributed by atoms with Crippen molar-refractivity contribution in [3.63, 3.8) is 0 Å². The molecule has 362 valence electrons. The lowest BCUT2D eigenvalue weighted by Gasteiger charge is -2.28. The number of carbonyl (C=O) groups is 1. The molecular formula is C52H102NO7P. The highest BCUT2D eigenvalue weighted by Gasteiger charge is 2.20. The number of phosphoric acid groups is 1. The number of nitrogens with zero attached hydrogens (tertiary/aromatic N) is 1. The highest BCUT2D eigenvalue weighted by molar-refractivity contribution is 7.45. The number of carbonyl (C=O) groups excluding carboxylic acids is 1. The first-order valence-corrected chi connectivity index (χ1v) is 27.5. The van der Waals surface area contributed by atoms with Crippen molar-refractivity contribution >= 4 is 13.8 Å². The van der Waals surface area contributed by atoms with E-state index in [0.717, 1.165) is 38.5 Å². The summed E-state index contributed by atoms with van der Waals surface area (Å²) in [6.07, 6.45) is 53.4. The summed E-state index contributed by atoms with van der Waals surface area (Å²) in [4.78, 5) is 25.2. The third-order valence-electron chi connectivity index (χ3n) is 11.5. The van der Waals surface area contributed by atoms with E-state index in [4.69, 9.17) is 18.5 Å². The average molecular weight is 884 g/mol. The van der Waals surface area contributed by atoms with Crippen LogP contribution in [-0.2, 0) is 27.9 Å². The van der Waals surface area contributed by atoms with Gasteiger partial charge < -0.3 is 27.9 Å². The van der Waals surface area contributed by atoms with Crippen LogP contribution in [0.25, 0.3) is 0 Å². The van der Waals surface area contributed by atoms with E-state index in [9.17, 15) is 14.3 Å². The average Bonchev–Trinajstić information content (AvgIpc) is 3.22. The minimum atomic E-state index is -4.53. The Morgan fingerprint density at radius 2 is 0.902 bits per heavy atom. The van der Waals surface area contributed by atoms with Crippen molar-refractivity contribution in [1.82, 2.24) is 0 Å². The number of allylic oxidation sites excluding steroid dienone is 4. The molecule has 61 heavy (non-hydrogen) atoms. The van der Waals surface area contributed by atoms with Gasteiger partial charge in [-0.25, -0.2) is 0 Å². The van der Waals surface area contributed by atoms with Crippen LogP contribution in [0.1, 0.15) is 245 Å². The van der Waals surface area contributed by atoms with Gasteiger partial charge in [-0.2, -0.15) is 0 Å². The smallest absolute Gasteiger partial charge is 0.306 e. The molecule has 0 spiro atoms. The summed E-state index contributed by atoms with van der Waals surface area (Å²) in [7, 11) is 1.37. The van der Waals surface area contributed by atoms with Gasteiger partial charge in [0.2, 0.25) is 0 Å². The van der Waals surface area contributed by atoms with Crippen LogP contribution in [0.3, 0.4) is 0 Å². The largest absolute Gasteiger partial charge is 0.756 e. The quantitative estimate of drug-likeness (QED) is 0.0197. The van der Waals surface area contributed by atoms with Gasteiger partial charge in [-0.1, -0.05) is 218 Å². The summed E-state index contributed by atoms with van der Waals surface area (Å²) in [5, 5.41) is 0. The van der Waals surface area contributed by atoms with Crippen LogP contribution < -0.4 is 4.89 Å². The van der Waals surface area contributed by atoms with Gasteiger partial charge in [0.25, 0.3) is 7.82 Å². The van der Waals surface area contributed by atoms with Gasteiger partial charge in [-0.3, -0.25) is 9.36 Å². The van der Waals surface area contributed by atoms with E-state index >= 15 is 0 Å². The molecule has 0 saturated carbocycles. The van der Waals surface area contributed by atoms with Crippen LogP contribution >= 0.6 is 7.82 Å². The molecule has 0 saturated heterocycles. The molecule has 0 radical (unpaired) electrons. The van der Waals surface area contributed by atoms with Gasteiger partial charge >= 0.3 is 5.97 Å². The van der Waals surface area contributed by atoms with Gasteiger partial charge in [0, 0.05) is 13.0 Å². The second kappa shape index (κ2) is 45.5. The lowest BCUT2D eigenvalue weighted by atomic mass is 10.0. The van der Waals surface area contributed by atoms with Crippen LogP contribution in [0.15, 0.2) is 24.3 Å². The van der Waals surface area contributed by atoms with Crippen LogP contribution in [0.5, 0.6) is 0 Å². The van der Waals surface area contributed by atoms with Gasteiger partial charge in [0.1, 0.15) is 19.3 Å². The zero-order valence-corrected chi connectivity index (χ0v) is 42.0. The summed E-state index contributed by atoms with van der Waals surface area (Å²) < 4.78 is 34.8. The van der Waals surface area contributed by atoms with Gasteiger partial charge in [-0.05, 0) is 44.9 Å². The topological polar surface area (TPSA) is 94.1 Å². The van der Waals surface area contributed by atoms with Crippen LogP contribution in [0, 0.1) is 0 Å². The van der Waals surface area contributed by atoms with E-state index in [1.807, 2.05) is 21.1 Å². The standard InChI is InChI=1S/C52H102NO7P/c1-6-8-10-12-14-16-18-20-22-24-25-26-27-28-29-30-31-33-35-37-39-41-43-45-52(54)60-51(50-59-61(55,56)58-48-46-53(3,4)5)49-57-47-44-42-40-38-36-34-32-23-21-19-17-15-13-11-9-7-2/h18,20,24-25,51H,6-17,19,21-23,26-50H2,1-5H3/b20-18-,25-24-. The Hall–Kier alpha value is -1.02. The van der Waals surface area contributed by atoms with Crippen LogP contribution in [0.2, 0.25) is 0 Å². The lowest BCUT2D eigenvalue weighted by molar-refractivity contribution is -0.870. The van der Waals surface area contributed by atoms with Crippen molar-refractivity contribution in [3.05, 3.63) is 24.3 Å². The fourth-order valence-electron chi connectivity index (χ4n) is 7.46. The minimum absolute atomic E-state index is 0.0283. The van der Waals surface area contributed by atoms with Crippen molar-refractivity contribution in [2.75, 3.05) is 54.1 Å². The third kappa shape index (κ3) is 49.8. The molecule has 0 aliphatic carbocycles. The van der Waals surface area contributed by atoms with E-state index in [1.54, 1.807) is 0 Å². The zero-order valence-electron chi connectivity index (χ0n) is 41.1. The molecule has 0 fully saturated rings. The van der Waals surface area contributed by atoms with Gasteiger partial charge in [0.05, 0.1) is 34.4 Å². The Bertz CT molecular complexity index is 1030. The number of hydrogen-bond donors (Lipinski definition) is 0. The predicted octanol–water partition coefficient (Wildman–Crippen LogP) is 15.3. The molecule has 2 atom stereocenters. The fraction of sp³-hybridized carbons (Fsp3) is 0.904. The molecule has 0 aromatic carbocycles. The number of likely N-dealkylation sites (N-methyl/N-ethyl adjacent to an activating group) is 1. The molecule has 0 aliphatic heterocycles. The second-order valence-electron chi connectivity index (χ2n) is 18.9. The van der Waals surface area contributed by atoms with Crippen molar-refractivity contribution in [2.24, 2.45) is 0 Å². The Labute approximate surface area is 379 Å². The molecule has 0 amide bonds. The highest BCUT2D eigenvalue weighted by Crippen LogP contribution is 2.38. The number of esters is 1. The highest BCUT2D eigenvalue weighted by atomic mass is 31.2. The maximum Gasteiger partial charge on any atom is 0.306 e. The molecule has 0 bridgehead atoms. The number of quaternary nitrogens is 1. The normalized spacial score (nSPS) is 13.7. The second-order valence-corrected chi connectivity index (χ2v) is 20.3. The molecule has 2 unspecified atom stereocenters. The SMILES string of the molecule is CCCCCCC/C=C\C/C=C\CCCCCCCCCCCCCC(=O)OC(COCCCCCCCCCCCCCCCCCC)COP(=O)([O-])OCC[N+](C)(C)C. The van der Waals surface area contributed by atoms with E-state index in [0.29, 0.717) is 24.1 Å². The third-order valence-corrected chi connectivity index (χ3v) is 12.5. The summed E-state index contributed by atoms with van der Waals surface area (Å²) in [5.74, 6) is -0.331. The van der Waals surface area contributed by atoms with Gasteiger partial charge in [0.15, 0.2) is 0 Å². The van der Waals surface area contributed by atoms with Crippen LogP contribution in [-0.4, -0.2) is 70.7 Å². The molecule has 8 nitrogen and oxygen atoms in total. The molecule has 9 heteroatoms. The number of hydrogen-bond acceptors (Lipinski definition) is 7.